The van der Waals surface area contributed by atoms with Gasteiger partial charge in [-0.2, -0.15) is 4.80 Å². The summed E-state index contributed by atoms with van der Waals surface area (Å²) in [7, 11) is 1.62. The van der Waals surface area contributed by atoms with Gasteiger partial charge in [-0.3, -0.25) is 4.98 Å². The average molecular weight is 392 g/mol. The van der Waals surface area contributed by atoms with Crippen molar-refractivity contribution >= 4 is 26.8 Å². The van der Waals surface area contributed by atoms with E-state index in [2.05, 4.69) is 36.3 Å². The van der Waals surface area contributed by atoms with Crippen molar-refractivity contribution in [1.29, 1.82) is 0 Å². The highest BCUT2D eigenvalue weighted by atomic mass is 79.9. The van der Waals surface area contributed by atoms with Gasteiger partial charge in [-0.15, -0.1) is 10.2 Å². The number of pyridine rings is 1. The summed E-state index contributed by atoms with van der Waals surface area (Å²) in [6.45, 7) is 6.28. The maximum atomic E-state index is 5.88. The molecule has 0 amide bonds. The Labute approximate surface area is 148 Å². The Bertz CT molecular complexity index is 873. The quantitative estimate of drug-likeness (QED) is 0.678. The van der Waals surface area contributed by atoms with Crippen LogP contribution in [-0.4, -0.2) is 32.3 Å². The lowest BCUT2D eigenvalue weighted by atomic mass is 10.1. The smallest absolute Gasteiger partial charge is 0.212 e. The number of methoxy groups -OCH3 is 1. The number of rotatable bonds is 4. The molecule has 1 aromatic carbocycles. The van der Waals surface area contributed by atoms with Gasteiger partial charge in [0, 0.05) is 17.6 Å². The van der Waals surface area contributed by atoms with Gasteiger partial charge < -0.3 is 9.47 Å². The fourth-order valence-electron chi connectivity index (χ4n) is 2.13. The Balaban J connectivity index is 1.85. The van der Waals surface area contributed by atoms with Crippen molar-refractivity contribution in [3.8, 4) is 11.5 Å². The topological polar surface area (TPSA) is 75.0 Å². The highest BCUT2D eigenvalue weighted by molar-refractivity contribution is 9.10. The Morgan fingerprint density at radius 3 is 2.67 bits per heavy atom. The van der Waals surface area contributed by atoms with Crippen molar-refractivity contribution in [3.05, 3.63) is 34.7 Å². The number of tetrazole rings is 1. The molecular formula is C16H18BrN5O2. The van der Waals surface area contributed by atoms with Crippen LogP contribution in [0.3, 0.4) is 0 Å². The summed E-state index contributed by atoms with van der Waals surface area (Å²) in [5.41, 5.74) is 0.578. The molecule has 0 N–H and O–H groups in total. The molecule has 0 radical (unpaired) electrons. The molecule has 0 saturated heterocycles. The molecule has 8 heteroatoms. The van der Waals surface area contributed by atoms with Gasteiger partial charge in [-0.05, 0) is 54.0 Å². The fraction of sp³-hybridized carbons (Fsp3) is 0.375. The second-order valence-electron chi connectivity index (χ2n) is 6.27. The number of ether oxygens (including phenoxy) is 2. The number of fused-ring (bicyclic) bond motifs is 1. The van der Waals surface area contributed by atoms with E-state index in [0.717, 1.165) is 21.1 Å². The zero-order chi connectivity index (χ0) is 17.3. The highest BCUT2D eigenvalue weighted by Crippen LogP contribution is 2.33. The van der Waals surface area contributed by atoms with E-state index in [1.165, 1.54) is 0 Å². The predicted molar refractivity (Wildman–Crippen MR) is 93.1 cm³/mol. The Morgan fingerprint density at radius 2 is 2.00 bits per heavy atom. The lowest BCUT2D eigenvalue weighted by Crippen LogP contribution is -2.24. The van der Waals surface area contributed by atoms with Crippen molar-refractivity contribution in [1.82, 2.24) is 25.2 Å². The minimum atomic E-state index is -0.212. The molecular weight excluding hydrogens is 374 g/mol. The van der Waals surface area contributed by atoms with Crippen LogP contribution in [0.5, 0.6) is 11.5 Å². The van der Waals surface area contributed by atoms with Gasteiger partial charge in [0.2, 0.25) is 5.82 Å². The second kappa shape index (κ2) is 6.35. The summed E-state index contributed by atoms with van der Waals surface area (Å²) in [5.74, 6) is 1.96. The van der Waals surface area contributed by atoms with E-state index in [1.54, 1.807) is 18.1 Å². The van der Waals surface area contributed by atoms with Crippen molar-refractivity contribution in [2.24, 2.45) is 0 Å². The number of benzene rings is 1. The van der Waals surface area contributed by atoms with Gasteiger partial charge >= 0.3 is 0 Å². The van der Waals surface area contributed by atoms with Gasteiger partial charge in [-0.25, -0.2) is 0 Å². The molecule has 0 fully saturated rings. The van der Waals surface area contributed by atoms with Crippen LogP contribution in [0.4, 0.5) is 0 Å². The van der Waals surface area contributed by atoms with Crippen LogP contribution < -0.4 is 9.47 Å². The summed E-state index contributed by atoms with van der Waals surface area (Å²) in [6.07, 6.45) is 1.70. The first-order valence-corrected chi connectivity index (χ1v) is 8.22. The fourth-order valence-corrected chi connectivity index (χ4v) is 2.64. The number of hydrogen-bond acceptors (Lipinski definition) is 6. The van der Waals surface area contributed by atoms with Crippen LogP contribution >= 0.6 is 15.9 Å². The molecule has 0 aliphatic heterocycles. The molecule has 3 rings (SSSR count). The molecule has 2 heterocycles. The summed E-state index contributed by atoms with van der Waals surface area (Å²) in [4.78, 5) is 5.94. The van der Waals surface area contributed by atoms with E-state index in [-0.39, 0.29) is 12.1 Å². The van der Waals surface area contributed by atoms with Gasteiger partial charge in [0.25, 0.3) is 0 Å². The van der Waals surface area contributed by atoms with E-state index >= 15 is 0 Å². The third-order valence-electron chi connectivity index (χ3n) is 3.39. The third kappa shape index (κ3) is 3.33. The maximum Gasteiger partial charge on any atom is 0.212 e. The lowest BCUT2D eigenvalue weighted by Gasteiger charge is -2.15. The van der Waals surface area contributed by atoms with Gasteiger partial charge in [0.15, 0.2) is 6.61 Å². The van der Waals surface area contributed by atoms with Gasteiger partial charge in [-0.1, -0.05) is 0 Å². The van der Waals surface area contributed by atoms with Gasteiger partial charge in [0.1, 0.15) is 11.5 Å². The predicted octanol–water partition coefficient (Wildman–Crippen LogP) is 3.33. The van der Waals surface area contributed by atoms with Crippen molar-refractivity contribution < 1.29 is 9.47 Å². The SMILES string of the molecule is COc1cc2nccc(OCc3nnn(C(C)(C)C)n3)c2cc1Br. The normalized spacial score (nSPS) is 11.7. The first kappa shape index (κ1) is 16.6. The lowest BCUT2D eigenvalue weighted by molar-refractivity contribution is 0.286. The van der Waals surface area contributed by atoms with E-state index < -0.39 is 0 Å². The van der Waals surface area contributed by atoms with Crippen molar-refractivity contribution in [2.75, 3.05) is 7.11 Å². The molecule has 126 valence electrons. The Kier molecular flexibility index (Phi) is 4.40. The van der Waals surface area contributed by atoms with E-state index in [0.29, 0.717) is 11.6 Å². The number of nitrogens with zero attached hydrogens (tertiary/aromatic N) is 5. The first-order chi connectivity index (χ1) is 11.4. The molecule has 3 aromatic rings. The summed E-state index contributed by atoms with van der Waals surface area (Å²) >= 11 is 3.49. The molecule has 0 saturated carbocycles. The summed E-state index contributed by atoms with van der Waals surface area (Å²) in [6, 6.07) is 5.60. The first-order valence-electron chi connectivity index (χ1n) is 7.43. The molecule has 0 bridgehead atoms. The Hall–Kier alpha value is -2.22. The second-order valence-corrected chi connectivity index (χ2v) is 7.12. The highest BCUT2D eigenvalue weighted by Gasteiger charge is 2.17. The van der Waals surface area contributed by atoms with Crippen molar-refractivity contribution in [2.45, 2.75) is 32.9 Å². The van der Waals surface area contributed by atoms with Crippen LogP contribution in [0.15, 0.2) is 28.9 Å². The molecule has 2 aromatic heterocycles. The summed E-state index contributed by atoms with van der Waals surface area (Å²) < 4.78 is 12.0. The van der Waals surface area contributed by atoms with Crippen LogP contribution in [0.2, 0.25) is 0 Å². The Morgan fingerprint density at radius 1 is 1.21 bits per heavy atom. The molecule has 0 atom stereocenters. The molecule has 0 unspecified atom stereocenters. The zero-order valence-corrected chi connectivity index (χ0v) is 15.5. The number of halogens is 1. The molecule has 0 aliphatic carbocycles. The van der Waals surface area contributed by atoms with E-state index in [1.807, 2.05) is 39.0 Å². The minimum Gasteiger partial charge on any atom is -0.495 e. The zero-order valence-electron chi connectivity index (χ0n) is 13.9. The standard InChI is InChI=1S/C16H18BrN5O2/c1-16(2,3)22-20-15(19-21-22)9-24-13-5-6-18-12-8-14(23-4)11(17)7-10(12)13/h5-8H,9H2,1-4H3. The molecule has 7 nitrogen and oxygen atoms in total. The van der Waals surface area contributed by atoms with Crippen molar-refractivity contribution in [3.63, 3.8) is 0 Å². The van der Waals surface area contributed by atoms with E-state index in [9.17, 15) is 0 Å². The molecule has 0 aliphatic rings. The van der Waals surface area contributed by atoms with E-state index in [4.69, 9.17) is 9.47 Å². The largest absolute Gasteiger partial charge is 0.495 e. The molecule has 24 heavy (non-hydrogen) atoms. The minimum absolute atomic E-state index is 0.212. The van der Waals surface area contributed by atoms with Crippen LogP contribution in [-0.2, 0) is 12.1 Å². The van der Waals surface area contributed by atoms with Crippen LogP contribution in [0.25, 0.3) is 10.9 Å². The van der Waals surface area contributed by atoms with Crippen LogP contribution in [0.1, 0.15) is 26.6 Å². The molecule has 0 spiro atoms. The van der Waals surface area contributed by atoms with Gasteiger partial charge in [0.05, 0.1) is 22.6 Å². The monoisotopic (exact) mass is 391 g/mol. The average Bonchev–Trinajstić information content (AvgIpc) is 3.01. The third-order valence-corrected chi connectivity index (χ3v) is 4.01. The number of aromatic nitrogens is 5. The van der Waals surface area contributed by atoms with Crippen LogP contribution in [0, 0.1) is 0 Å². The summed E-state index contributed by atoms with van der Waals surface area (Å²) in [5, 5.41) is 13.3. The number of hydrogen-bond donors (Lipinski definition) is 0. The maximum absolute atomic E-state index is 5.88.